The van der Waals surface area contributed by atoms with Crippen molar-refractivity contribution in [3.63, 3.8) is 0 Å². The lowest BCUT2D eigenvalue weighted by atomic mass is 9.92. The summed E-state index contributed by atoms with van der Waals surface area (Å²) in [7, 11) is 0. The molecule has 3 rings (SSSR count). The molecule has 3 heteroatoms. The largest absolute Gasteiger partial charge is 0.356 e. The summed E-state index contributed by atoms with van der Waals surface area (Å²) in [4.78, 5) is 12.0. The second kappa shape index (κ2) is 4.44. The minimum absolute atomic E-state index is 0.282. The Morgan fingerprint density at radius 1 is 1.38 bits per heavy atom. The summed E-state index contributed by atoms with van der Waals surface area (Å²) in [6, 6.07) is 0. The maximum absolute atomic E-state index is 12.0. The molecule has 2 aliphatic carbocycles. The number of carbonyl (C=O) groups is 1. The summed E-state index contributed by atoms with van der Waals surface area (Å²) in [5, 5.41) is 3.17. The summed E-state index contributed by atoms with van der Waals surface area (Å²) in [5.41, 5.74) is 0. The van der Waals surface area contributed by atoms with E-state index in [0.29, 0.717) is 17.7 Å². The first-order valence-electron chi connectivity index (χ1n) is 6.36. The Hall–Kier alpha value is -0.440. The van der Waals surface area contributed by atoms with Crippen LogP contribution in [0.1, 0.15) is 19.3 Å². The van der Waals surface area contributed by atoms with Crippen LogP contribution in [0.4, 0.5) is 0 Å². The Bertz CT molecular complexity index is 309. The molecule has 2 nitrogen and oxygen atoms in total. The highest BCUT2D eigenvalue weighted by Crippen LogP contribution is 2.43. The molecule has 0 radical (unpaired) electrons. The number of rotatable bonds is 3. The van der Waals surface area contributed by atoms with Crippen LogP contribution in [0.2, 0.25) is 0 Å². The van der Waals surface area contributed by atoms with Gasteiger partial charge in [-0.05, 0) is 48.5 Å². The number of fused-ring (bicyclic) bond motifs is 2. The third kappa shape index (κ3) is 2.02. The highest BCUT2D eigenvalue weighted by molar-refractivity contribution is 7.99. The minimum Gasteiger partial charge on any atom is -0.356 e. The molecule has 0 unspecified atom stereocenters. The van der Waals surface area contributed by atoms with Gasteiger partial charge >= 0.3 is 0 Å². The molecule has 0 aromatic carbocycles. The van der Waals surface area contributed by atoms with Gasteiger partial charge in [0, 0.05) is 12.5 Å². The van der Waals surface area contributed by atoms with E-state index in [0.717, 1.165) is 18.9 Å². The normalized spacial score (nSPS) is 40.5. The van der Waals surface area contributed by atoms with Crippen LogP contribution >= 0.6 is 11.8 Å². The number of amides is 1. The van der Waals surface area contributed by atoms with Crippen molar-refractivity contribution in [3.8, 4) is 0 Å². The summed E-state index contributed by atoms with van der Waals surface area (Å²) < 4.78 is 0. The Morgan fingerprint density at radius 3 is 2.94 bits per heavy atom. The van der Waals surface area contributed by atoms with Gasteiger partial charge in [0.2, 0.25) is 5.91 Å². The molecule has 0 spiro atoms. The first-order valence-corrected chi connectivity index (χ1v) is 7.52. The van der Waals surface area contributed by atoms with Gasteiger partial charge < -0.3 is 5.32 Å². The van der Waals surface area contributed by atoms with Gasteiger partial charge in [-0.25, -0.2) is 0 Å². The fourth-order valence-electron chi connectivity index (χ4n) is 3.20. The van der Waals surface area contributed by atoms with Gasteiger partial charge in [0.05, 0.1) is 0 Å². The number of hydrogen-bond acceptors (Lipinski definition) is 2. The van der Waals surface area contributed by atoms with E-state index in [4.69, 9.17) is 0 Å². The minimum atomic E-state index is 0.282. The molecular formula is C13H19NOS. The van der Waals surface area contributed by atoms with Gasteiger partial charge in [-0.2, -0.15) is 11.8 Å². The Kier molecular flexibility index (Phi) is 2.97. The molecule has 4 atom stereocenters. The van der Waals surface area contributed by atoms with Crippen molar-refractivity contribution in [2.75, 3.05) is 18.1 Å². The molecule has 1 saturated carbocycles. The predicted molar refractivity (Wildman–Crippen MR) is 67.3 cm³/mol. The standard InChI is InChI=1S/C13H19NOS/c15-13(14-7-10-3-4-16-8-10)12-6-9-1-2-11(12)5-9/h1-2,9-12H,3-8H2,(H,14,15)/t9-,10+,11-,12+/m0/s1. The van der Waals surface area contributed by atoms with E-state index in [1.165, 1.54) is 24.3 Å². The van der Waals surface area contributed by atoms with E-state index < -0.39 is 0 Å². The first-order chi connectivity index (χ1) is 7.83. The maximum atomic E-state index is 12.0. The summed E-state index contributed by atoms with van der Waals surface area (Å²) in [6.07, 6.45) is 8.14. The molecule has 88 valence electrons. The molecule has 2 bridgehead atoms. The molecule has 2 fully saturated rings. The summed E-state index contributed by atoms with van der Waals surface area (Å²) in [6.45, 7) is 0.906. The molecule has 1 amide bonds. The van der Waals surface area contributed by atoms with Crippen LogP contribution in [-0.4, -0.2) is 24.0 Å². The van der Waals surface area contributed by atoms with Crippen molar-refractivity contribution >= 4 is 17.7 Å². The van der Waals surface area contributed by atoms with Gasteiger partial charge in [0.15, 0.2) is 0 Å². The van der Waals surface area contributed by atoms with Crippen molar-refractivity contribution in [3.05, 3.63) is 12.2 Å². The molecule has 0 aromatic heterocycles. The van der Waals surface area contributed by atoms with Crippen molar-refractivity contribution in [2.45, 2.75) is 19.3 Å². The highest BCUT2D eigenvalue weighted by atomic mass is 32.2. The Morgan fingerprint density at radius 2 is 2.31 bits per heavy atom. The SMILES string of the molecule is O=C(NC[C@H]1CCSC1)[C@@H]1C[C@H]2C=C[C@H]1C2. The maximum Gasteiger partial charge on any atom is 0.223 e. The lowest BCUT2D eigenvalue weighted by Gasteiger charge is -2.18. The van der Waals surface area contributed by atoms with Crippen LogP contribution in [0.15, 0.2) is 12.2 Å². The number of thioether (sulfide) groups is 1. The van der Waals surface area contributed by atoms with Crippen LogP contribution in [0, 0.1) is 23.7 Å². The average Bonchev–Trinajstić information content (AvgIpc) is 3.01. The first kappa shape index (κ1) is 10.7. The van der Waals surface area contributed by atoms with E-state index in [1.807, 2.05) is 11.8 Å². The van der Waals surface area contributed by atoms with E-state index >= 15 is 0 Å². The third-order valence-electron chi connectivity index (χ3n) is 4.20. The molecule has 1 heterocycles. The second-order valence-corrected chi connectivity index (χ2v) is 6.51. The van der Waals surface area contributed by atoms with E-state index in [1.54, 1.807) is 0 Å². The lowest BCUT2D eigenvalue weighted by molar-refractivity contribution is -0.125. The van der Waals surface area contributed by atoms with Gasteiger partial charge in [0.1, 0.15) is 0 Å². The number of hydrogen-bond donors (Lipinski definition) is 1. The van der Waals surface area contributed by atoms with E-state index in [9.17, 15) is 4.79 Å². The third-order valence-corrected chi connectivity index (χ3v) is 5.44. The van der Waals surface area contributed by atoms with Crippen molar-refractivity contribution in [1.29, 1.82) is 0 Å². The average molecular weight is 237 g/mol. The smallest absolute Gasteiger partial charge is 0.223 e. The zero-order valence-corrected chi connectivity index (χ0v) is 10.3. The van der Waals surface area contributed by atoms with E-state index in [-0.39, 0.29) is 5.92 Å². The Balaban J connectivity index is 1.48. The fourth-order valence-corrected chi connectivity index (χ4v) is 4.49. The molecule has 1 saturated heterocycles. The summed E-state index contributed by atoms with van der Waals surface area (Å²) in [5.74, 6) is 5.07. The molecule has 0 aromatic rings. The molecular weight excluding hydrogens is 218 g/mol. The van der Waals surface area contributed by atoms with Crippen LogP contribution in [0.5, 0.6) is 0 Å². The molecule has 1 aliphatic heterocycles. The molecule has 1 N–H and O–H groups in total. The highest BCUT2D eigenvalue weighted by Gasteiger charge is 2.39. The quantitative estimate of drug-likeness (QED) is 0.761. The number of nitrogens with one attached hydrogen (secondary N) is 1. The van der Waals surface area contributed by atoms with E-state index in [2.05, 4.69) is 17.5 Å². The van der Waals surface area contributed by atoms with Gasteiger partial charge in [-0.3, -0.25) is 4.79 Å². The lowest BCUT2D eigenvalue weighted by Crippen LogP contribution is -2.36. The number of allylic oxidation sites excluding steroid dienone is 2. The zero-order valence-electron chi connectivity index (χ0n) is 9.52. The van der Waals surface area contributed by atoms with Crippen LogP contribution in [-0.2, 0) is 4.79 Å². The van der Waals surface area contributed by atoms with Crippen molar-refractivity contribution in [2.24, 2.45) is 23.7 Å². The van der Waals surface area contributed by atoms with Gasteiger partial charge in [-0.15, -0.1) is 0 Å². The fraction of sp³-hybridized carbons (Fsp3) is 0.769. The summed E-state index contributed by atoms with van der Waals surface area (Å²) >= 11 is 2.02. The van der Waals surface area contributed by atoms with Crippen molar-refractivity contribution < 1.29 is 4.79 Å². The predicted octanol–water partition coefficient (Wildman–Crippen LogP) is 2.07. The van der Waals surface area contributed by atoms with Gasteiger partial charge in [0.25, 0.3) is 0 Å². The van der Waals surface area contributed by atoms with Gasteiger partial charge in [-0.1, -0.05) is 12.2 Å². The van der Waals surface area contributed by atoms with Crippen LogP contribution in [0.25, 0.3) is 0 Å². The second-order valence-electron chi connectivity index (χ2n) is 5.36. The molecule has 16 heavy (non-hydrogen) atoms. The van der Waals surface area contributed by atoms with Crippen LogP contribution in [0.3, 0.4) is 0 Å². The number of carbonyl (C=O) groups excluding carboxylic acids is 1. The molecule has 3 aliphatic rings. The topological polar surface area (TPSA) is 29.1 Å². The zero-order chi connectivity index (χ0) is 11.0. The Labute approximate surface area is 101 Å². The van der Waals surface area contributed by atoms with Crippen LogP contribution < -0.4 is 5.32 Å². The van der Waals surface area contributed by atoms with Crippen molar-refractivity contribution in [1.82, 2.24) is 5.32 Å². The monoisotopic (exact) mass is 237 g/mol.